The number of nitrogens with two attached hydrogens (primary N) is 1. The highest BCUT2D eigenvalue weighted by atomic mass is 35.5. The second-order valence-corrected chi connectivity index (χ2v) is 4.83. The summed E-state index contributed by atoms with van der Waals surface area (Å²) in [7, 11) is 3.19. The standard InChI is InChI=1S/C14H18N2O5.ClH/c1-17-11-4-8(3-10-5-9(6-15)16-21-10)12(18-2)14-13(11)19-7-20-14;/h4,10H,3,5-7,15H2,1-2H3;1H. The van der Waals surface area contributed by atoms with Crippen LogP contribution < -0.4 is 24.7 Å². The van der Waals surface area contributed by atoms with Crippen LogP contribution in [0, 0.1) is 0 Å². The zero-order valence-electron chi connectivity index (χ0n) is 12.5. The number of hydrogen-bond acceptors (Lipinski definition) is 7. The summed E-state index contributed by atoms with van der Waals surface area (Å²) in [6, 6.07) is 1.89. The van der Waals surface area contributed by atoms with Gasteiger partial charge in [-0.25, -0.2) is 0 Å². The van der Waals surface area contributed by atoms with Crippen molar-refractivity contribution in [3.05, 3.63) is 11.6 Å². The van der Waals surface area contributed by atoms with E-state index in [9.17, 15) is 0 Å². The van der Waals surface area contributed by atoms with Crippen molar-refractivity contribution in [1.29, 1.82) is 0 Å². The molecule has 0 aromatic heterocycles. The van der Waals surface area contributed by atoms with Crippen molar-refractivity contribution in [2.45, 2.75) is 18.9 Å². The molecule has 0 saturated carbocycles. The Labute approximate surface area is 134 Å². The first-order chi connectivity index (χ1) is 10.3. The molecule has 1 unspecified atom stereocenters. The summed E-state index contributed by atoms with van der Waals surface area (Å²) >= 11 is 0. The van der Waals surface area contributed by atoms with Gasteiger partial charge in [-0.15, -0.1) is 12.4 Å². The number of methoxy groups -OCH3 is 2. The highest BCUT2D eigenvalue weighted by Gasteiger charge is 2.29. The van der Waals surface area contributed by atoms with Crippen LogP contribution in [0.1, 0.15) is 12.0 Å². The minimum atomic E-state index is -0.0532. The van der Waals surface area contributed by atoms with Gasteiger partial charge in [0.2, 0.25) is 18.3 Å². The van der Waals surface area contributed by atoms with Gasteiger partial charge in [-0.2, -0.15) is 0 Å². The average molecular weight is 331 g/mol. The Kier molecular flexibility index (Phi) is 5.20. The molecule has 2 aliphatic heterocycles. The molecular formula is C14H19ClN2O5. The maximum absolute atomic E-state index is 5.57. The van der Waals surface area contributed by atoms with E-state index < -0.39 is 0 Å². The minimum absolute atomic E-state index is 0. The maximum Gasteiger partial charge on any atom is 0.231 e. The third kappa shape index (κ3) is 2.86. The molecule has 3 rings (SSSR count). The van der Waals surface area contributed by atoms with Crippen molar-refractivity contribution in [2.75, 3.05) is 27.6 Å². The largest absolute Gasteiger partial charge is 0.493 e. The van der Waals surface area contributed by atoms with E-state index >= 15 is 0 Å². The Morgan fingerprint density at radius 2 is 2.05 bits per heavy atom. The van der Waals surface area contributed by atoms with E-state index in [0.717, 1.165) is 17.7 Å². The number of benzene rings is 1. The molecule has 2 N–H and O–H groups in total. The van der Waals surface area contributed by atoms with E-state index in [0.29, 0.717) is 36.0 Å². The van der Waals surface area contributed by atoms with Crippen LogP contribution >= 0.6 is 12.4 Å². The van der Waals surface area contributed by atoms with Gasteiger partial charge < -0.3 is 29.5 Å². The van der Waals surface area contributed by atoms with E-state index in [2.05, 4.69) is 5.16 Å². The maximum atomic E-state index is 5.57. The van der Waals surface area contributed by atoms with Crippen LogP contribution in [-0.2, 0) is 11.3 Å². The third-order valence-corrected chi connectivity index (χ3v) is 3.54. The molecule has 22 heavy (non-hydrogen) atoms. The zero-order valence-corrected chi connectivity index (χ0v) is 13.3. The Balaban J connectivity index is 0.00000176. The van der Waals surface area contributed by atoms with Crippen molar-refractivity contribution in [2.24, 2.45) is 10.9 Å². The molecular weight excluding hydrogens is 312 g/mol. The molecule has 0 spiro atoms. The average Bonchev–Trinajstić information content (AvgIpc) is 3.15. The second-order valence-electron chi connectivity index (χ2n) is 4.83. The number of ether oxygens (including phenoxy) is 4. The number of rotatable bonds is 5. The Bertz CT molecular complexity index is 579. The SMILES string of the molecule is COc1cc(CC2CC(CN)=NO2)c(OC)c2c1OCO2.Cl. The zero-order chi connectivity index (χ0) is 14.8. The number of hydrogen-bond donors (Lipinski definition) is 1. The van der Waals surface area contributed by atoms with Gasteiger partial charge in [-0.05, 0) is 6.07 Å². The lowest BCUT2D eigenvalue weighted by molar-refractivity contribution is 0.0853. The minimum Gasteiger partial charge on any atom is -0.493 e. The third-order valence-electron chi connectivity index (χ3n) is 3.54. The molecule has 0 radical (unpaired) electrons. The molecule has 2 heterocycles. The lowest BCUT2D eigenvalue weighted by Gasteiger charge is -2.15. The number of nitrogens with zero attached hydrogens (tertiary/aromatic N) is 1. The van der Waals surface area contributed by atoms with Crippen LogP contribution in [0.3, 0.4) is 0 Å². The molecule has 1 aromatic carbocycles. The van der Waals surface area contributed by atoms with Crippen molar-refractivity contribution in [3.8, 4) is 23.0 Å². The van der Waals surface area contributed by atoms with Gasteiger partial charge >= 0.3 is 0 Å². The highest BCUT2D eigenvalue weighted by Crippen LogP contribution is 2.49. The summed E-state index contributed by atoms with van der Waals surface area (Å²) in [6.07, 6.45) is 1.29. The van der Waals surface area contributed by atoms with Crippen LogP contribution in [0.2, 0.25) is 0 Å². The molecule has 0 saturated heterocycles. The number of oxime groups is 1. The molecule has 7 nitrogen and oxygen atoms in total. The fraction of sp³-hybridized carbons (Fsp3) is 0.500. The molecule has 122 valence electrons. The van der Waals surface area contributed by atoms with Gasteiger partial charge in [0, 0.05) is 24.9 Å². The predicted octanol–water partition coefficient (Wildman–Crippen LogP) is 1.50. The quantitative estimate of drug-likeness (QED) is 0.880. The lowest BCUT2D eigenvalue weighted by atomic mass is 10.0. The van der Waals surface area contributed by atoms with Gasteiger partial charge in [-0.3, -0.25) is 0 Å². The molecule has 1 atom stereocenters. The van der Waals surface area contributed by atoms with Gasteiger partial charge in [-0.1, -0.05) is 5.16 Å². The normalized spacial score (nSPS) is 18.3. The highest BCUT2D eigenvalue weighted by molar-refractivity contribution is 5.87. The summed E-state index contributed by atoms with van der Waals surface area (Å²) in [4.78, 5) is 5.39. The summed E-state index contributed by atoms with van der Waals surface area (Å²) in [5, 5.41) is 3.97. The van der Waals surface area contributed by atoms with Gasteiger partial charge in [0.1, 0.15) is 6.10 Å². The topological polar surface area (TPSA) is 84.5 Å². The van der Waals surface area contributed by atoms with Gasteiger partial charge in [0.05, 0.1) is 19.9 Å². The van der Waals surface area contributed by atoms with E-state index in [1.807, 2.05) is 6.07 Å². The van der Waals surface area contributed by atoms with E-state index in [1.165, 1.54) is 0 Å². The molecule has 0 bridgehead atoms. The molecule has 1 aromatic rings. The monoisotopic (exact) mass is 330 g/mol. The summed E-state index contributed by atoms with van der Waals surface area (Å²) < 4.78 is 21.7. The Morgan fingerprint density at radius 3 is 2.68 bits per heavy atom. The summed E-state index contributed by atoms with van der Waals surface area (Å²) in [5.74, 6) is 2.42. The lowest BCUT2D eigenvalue weighted by Crippen LogP contribution is -2.17. The summed E-state index contributed by atoms with van der Waals surface area (Å²) in [6.45, 7) is 0.573. The smallest absolute Gasteiger partial charge is 0.231 e. The number of fused-ring (bicyclic) bond motifs is 1. The van der Waals surface area contributed by atoms with Crippen LogP contribution in [0.4, 0.5) is 0 Å². The Hall–Kier alpha value is -1.86. The van der Waals surface area contributed by atoms with Crippen LogP contribution in [0.15, 0.2) is 11.2 Å². The van der Waals surface area contributed by atoms with Crippen LogP contribution in [0.25, 0.3) is 0 Å². The first kappa shape index (κ1) is 16.5. The summed E-state index contributed by atoms with van der Waals surface area (Å²) in [5.41, 5.74) is 7.37. The van der Waals surface area contributed by atoms with Gasteiger partial charge in [0.25, 0.3) is 0 Å². The molecule has 2 aliphatic rings. The Morgan fingerprint density at radius 1 is 1.27 bits per heavy atom. The molecule has 0 amide bonds. The van der Waals surface area contributed by atoms with Crippen molar-refractivity contribution >= 4 is 18.1 Å². The first-order valence-electron chi connectivity index (χ1n) is 6.71. The first-order valence-corrected chi connectivity index (χ1v) is 6.71. The molecule has 0 fully saturated rings. The van der Waals surface area contributed by atoms with Crippen LogP contribution in [0.5, 0.6) is 23.0 Å². The van der Waals surface area contributed by atoms with Crippen LogP contribution in [-0.4, -0.2) is 39.4 Å². The van der Waals surface area contributed by atoms with E-state index in [1.54, 1.807) is 14.2 Å². The number of halogens is 1. The second kappa shape index (κ2) is 6.93. The van der Waals surface area contributed by atoms with Gasteiger partial charge in [0.15, 0.2) is 11.5 Å². The van der Waals surface area contributed by atoms with E-state index in [-0.39, 0.29) is 25.3 Å². The fourth-order valence-corrected chi connectivity index (χ4v) is 2.55. The molecule has 8 heteroatoms. The molecule has 0 aliphatic carbocycles. The van der Waals surface area contributed by atoms with Crippen molar-refractivity contribution < 1.29 is 23.8 Å². The van der Waals surface area contributed by atoms with E-state index in [4.69, 9.17) is 29.5 Å². The van der Waals surface area contributed by atoms with Crippen molar-refractivity contribution in [3.63, 3.8) is 0 Å². The predicted molar refractivity (Wildman–Crippen MR) is 82.6 cm³/mol. The fourth-order valence-electron chi connectivity index (χ4n) is 2.55. The van der Waals surface area contributed by atoms with Crippen molar-refractivity contribution in [1.82, 2.24) is 0 Å².